The molecule has 3 nitrogen and oxygen atoms in total. The van der Waals surface area contributed by atoms with E-state index in [-0.39, 0.29) is 17.9 Å². The van der Waals surface area contributed by atoms with Gasteiger partial charge in [-0.05, 0) is 23.6 Å². The number of carbonyl (C=O) groups excluding carboxylic acids is 1. The largest absolute Gasteiger partial charge is 0.457 e. The van der Waals surface area contributed by atoms with E-state index in [9.17, 15) is 13.6 Å². The molecule has 0 aliphatic rings. The highest BCUT2D eigenvalue weighted by atomic mass is 19.1. The summed E-state index contributed by atoms with van der Waals surface area (Å²) in [5, 5.41) is 0. The second-order valence-electron chi connectivity index (χ2n) is 4.60. The van der Waals surface area contributed by atoms with Crippen molar-refractivity contribution in [1.29, 1.82) is 0 Å². The number of hydrogen-bond acceptors (Lipinski definition) is 3. The van der Waals surface area contributed by atoms with Crippen molar-refractivity contribution in [1.82, 2.24) is 0 Å². The van der Waals surface area contributed by atoms with Gasteiger partial charge in [0.05, 0.1) is 11.3 Å². The second kappa shape index (κ2) is 6.35. The molecule has 2 rings (SSSR count). The van der Waals surface area contributed by atoms with Crippen molar-refractivity contribution in [2.75, 3.05) is 5.73 Å². The molecule has 0 atom stereocenters. The molecule has 0 fully saturated rings. The van der Waals surface area contributed by atoms with Crippen LogP contribution in [0.15, 0.2) is 36.4 Å². The minimum absolute atomic E-state index is 0.0134. The van der Waals surface area contributed by atoms with E-state index in [1.807, 2.05) is 31.2 Å². The van der Waals surface area contributed by atoms with E-state index in [0.717, 1.165) is 18.1 Å². The summed E-state index contributed by atoms with van der Waals surface area (Å²) in [6.07, 6.45) is 0.917. The van der Waals surface area contributed by atoms with E-state index < -0.39 is 17.6 Å². The van der Waals surface area contributed by atoms with Crippen molar-refractivity contribution in [3.05, 3.63) is 64.7 Å². The lowest BCUT2D eigenvalue weighted by atomic mass is 10.1. The molecule has 0 unspecified atom stereocenters. The highest BCUT2D eigenvalue weighted by molar-refractivity contribution is 5.90. The van der Waals surface area contributed by atoms with Gasteiger partial charge in [-0.15, -0.1) is 0 Å². The number of nitrogens with two attached hydrogens (primary N) is 1. The summed E-state index contributed by atoms with van der Waals surface area (Å²) in [7, 11) is 0. The number of esters is 1. The minimum atomic E-state index is -0.993. The van der Waals surface area contributed by atoms with Crippen LogP contribution in [0.25, 0.3) is 0 Å². The molecule has 0 saturated heterocycles. The lowest BCUT2D eigenvalue weighted by Gasteiger charge is -2.07. The Hall–Kier alpha value is -2.43. The number of rotatable bonds is 4. The Balaban J connectivity index is 2.06. The first-order valence-electron chi connectivity index (χ1n) is 6.50. The molecule has 0 aliphatic heterocycles. The summed E-state index contributed by atoms with van der Waals surface area (Å²) in [6.45, 7) is 2.05. The number of halogens is 2. The Morgan fingerprint density at radius 1 is 1.10 bits per heavy atom. The Morgan fingerprint density at radius 2 is 1.71 bits per heavy atom. The van der Waals surface area contributed by atoms with Gasteiger partial charge in [-0.1, -0.05) is 31.2 Å². The lowest BCUT2D eigenvalue weighted by Crippen LogP contribution is -2.09. The van der Waals surface area contributed by atoms with Gasteiger partial charge in [0.2, 0.25) is 0 Å². The molecule has 5 heteroatoms. The van der Waals surface area contributed by atoms with Crippen molar-refractivity contribution in [3.8, 4) is 0 Å². The van der Waals surface area contributed by atoms with E-state index in [1.165, 1.54) is 5.56 Å². The molecule has 0 amide bonds. The number of hydrogen-bond donors (Lipinski definition) is 1. The average Bonchev–Trinajstić information content (AvgIpc) is 2.49. The zero-order chi connectivity index (χ0) is 15.4. The van der Waals surface area contributed by atoms with E-state index in [1.54, 1.807) is 0 Å². The van der Waals surface area contributed by atoms with Gasteiger partial charge in [0.25, 0.3) is 0 Å². The Kier molecular flexibility index (Phi) is 4.52. The first-order valence-corrected chi connectivity index (χ1v) is 6.50. The fourth-order valence-corrected chi connectivity index (χ4v) is 1.82. The van der Waals surface area contributed by atoms with Crippen LogP contribution in [0.5, 0.6) is 0 Å². The highest BCUT2D eigenvalue weighted by Crippen LogP contribution is 2.18. The fourth-order valence-electron chi connectivity index (χ4n) is 1.82. The van der Waals surface area contributed by atoms with Crippen molar-refractivity contribution in [3.63, 3.8) is 0 Å². The van der Waals surface area contributed by atoms with Gasteiger partial charge < -0.3 is 10.5 Å². The summed E-state index contributed by atoms with van der Waals surface area (Å²) in [5.41, 5.74) is 6.60. The topological polar surface area (TPSA) is 52.3 Å². The molecule has 0 spiro atoms. The summed E-state index contributed by atoms with van der Waals surface area (Å²) in [4.78, 5) is 11.8. The predicted octanol–water partition coefficient (Wildman–Crippen LogP) is 3.47. The summed E-state index contributed by atoms with van der Waals surface area (Å²) in [6, 6.07) is 9.04. The molecule has 2 aromatic carbocycles. The number of carbonyl (C=O) groups is 1. The molecule has 2 aromatic rings. The standard InChI is InChI=1S/C16H15F2NO2/c1-2-10-3-5-11(6-4-10)9-21-16(20)12-7-15(19)14(18)8-13(12)17/h3-8H,2,9,19H2,1H3. The fraction of sp³-hybridized carbons (Fsp3) is 0.188. The van der Waals surface area contributed by atoms with Gasteiger partial charge in [0.1, 0.15) is 18.2 Å². The van der Waals surface area contributed by atoms with E-state index in [2.05, 4.69) is 0 Å². The van der Waals surface area contributed by atoms with Gasteiger partial charge >= 0.3 is 5.97 Å². The van der Waals surface area contributed by atoms with Crippen LogP contribution in [0.2, 0.25) is 0 Å². The molecule has 110 valence electrons. The molecule has 0 saturated carbocycles. The molecule has 0 aliphatic carbocycles. The van der Waals surface area contributed by atoms with Gasteiger partial charge in [-0.3, -0.25) is 0 Å². The molecule has 2 N–H and O–H groups in total. The maximum absolute atomic E-state index is 13.5. The van der Waals surface area contributed by atoms with Crippen LogP contribution >= 0.6 is 0 Å². The third-order valence-electron chi connectivity index (χ3n) is 3.11. The maximum Gasteiger partial charge on any atom is 0.341 e. The van der Waals surface area contributed by atoms with Crippen LogP contribution in [-0.2, 0) is 17.8 Å². The molecular formula is C16H15F2NO2. The lowest BCUT2D eigenvalue weighted by molar-refractivity contribution is 0.0467. The third kappa shape index (κ3) is 3.56. The van der Waals surface area contributed by atoms with E-state index >= 15 is 0 Å². The zero-order valence-electron chi connectivity index (χ0n) is 11.5. The highest BCUT2D eigenvalue weighted by Gasteiger charge is 2.16. The van der Waals surface area contributed by atoms with Gasteiger partial charge in [0, 0.05) is 6.07 Å². The maximum atomic E-state index is 13.5. The predicted molar refractivity (Wildman–Crippen MR) is 75.7 cm³/mol. The Bertz CT molecular complexity index is 654. The first-order chi connectivity index (χ1) is 10.0. The monoisotopic (exact) mass is 291 g/mol. The normalized spacial score (nSPS) is 10.4. The van der Waals surface area contributed by atoms with Crippen molar-refractivity contribution in [2.24, 2.45) is 0 Å². The second-order valence-corrected chi connectivity index (χ2v) is 4.60. The Labute approximate surface area is 121 Å². The first kappa shape index (κ1) is 15.0. The van der Waals surface area contributed by atoms with Crippen molar-refractivity contribution < 1.29 is 18.3 Å². The van der Waals surface area contributed by atoms with Crippen molar-refractivity contribution in [2.45, 2.75) is 20.0 Å². The summed E-state index contributed by atoms with van der Waals surface area (Å²) < 4.78 is 31.5. The quantitative estimate of drug-likeness (QED) is 0.693. The van der Waals surface area contributed by atoms with Crippen LogP contribution in [0.1, 0.15) is 28.4 Å². The number of anilines is 1. The third-order valence-corrected chi connectivity index (χ3v) is 3.11. The molecule has 0 aromatic heterocycles. The van der Waals surface area contributed by atoms with Gasteiger partial charge in [-0.2, -0.15) is 0 Å². The van der Waals surface area contributed by atoms with E-state index in [0.29, 0.717) is 6.07 Å². The van der Waals surface area contributed by atoms with Crippen LogP contribution in [-0.4, -0.2) is 5.97 Å². The molecule has 0 heterocycles. The van der Waals surface area contributed by atoms with Crippen molar-refractivity contribution >= 4 is 11.7 Å². The number of benzene rings is 2. The zero-order valence-corrected chi connectivity index (χ0v) is 11.5. The average molecular weight is 291 g/mol. The number of ether oxygens (including phenoxy) is 1. The Morgan fingerprint density at radius 3 is 2.33 bits per heavy atom. The van der Waals surface area contributed by atoms with Gasteiger partial charge in [-0.25, -0.2) is 13.6 Å². The van der Waals surface area contributed by atoms with Gasteiger partial charge in [0.15, 0.2) is 0 Å². The number of aryl methyl sites for hydroxylation is 1. The summed E-state index contributed by atoms with van der Waals surface area (Å²) in [5.74, 6) is -2.77. The molecular weight excluding hydrogens is 276 g/mol. The number of nitrogen functional groups attached to an aromatic ring is 1. The smallest absolute Gasteiger partial charge is 0.341 e. The van der Waals surface area contributed by atoms with E-state index in [4.69, 9.17) is 10.5 Å². The SMILES string of the molecule is CCc1ccc(COC(=O)c2cc(N)c(F)cc2F)cc1. The van der Waals surface area contributed by atoms with Crippen LogP contribution in [0, 0.1) is 11.6 Å². The molecule has 0 radical (unpaired) electrons. The minimum Gasteiger partial charge on any atom is -0.457 e. The van der Waals surface area contributed by atoms with Crippen LogP contribution < -0.4 is 5.73 Å². The van der Waals surface area contributed by atoms with Crippen LogP contribution in [0.3, 0.4) is 0 Å². The molecule has 21 heavy (non-hydrogen) atoms. The van der Waals surface area contributed by atoms with Crippen LogP contribution in [0.4, 0.5) is 14.5 Å². The summed E-state index contributed by atoms with van der Waals surface area (Å²) >= 11 is 0. The molecule has 0 bridgehead atoms.